The predicted octanol–water partition coefficient (Wildman–Crippen LogP) is 1.18. The maximum atomic E-state index is 12.8. The Morgan fingerprint density at radius 3 is 2.54 bits per heavy atom. The Labute approximate surface area is 217 Å². The maximum absolute atomic E-state index is 12.8. The number of rotatable bonds is 9. The third-order valence-corrected chi connectivity index (χ3v) is 5.16. The molecule has 0 saturated carbocycles. The Balaban J connectivity index is 1.63. The maximum Gasteiger partial charge on any atom is 0.342 e. The molecule has 0 bridgehead atoms. The van der Waals surface area contributed by atoms with Gasteiger partial charge in [-0.05, 0) is 35.8 Å². The lowest BCUT2D eigenvalue weighted by Gasteiger charge is -2.07. The van der Waals surface area contributed by atoms with Crippen molar-refractivity contribution in [3.8, 4) is 0 Å². The summed E-state index contributed by atoms with van der Waals surface area (Å²) >= 11 is 2.92. The van der Waals surface area contributed by atoms with Crippen molar-refractivity contribution in [2.75, 3.05) is 22.5 Å². The topological polar surface area (TPSA) is 241 Å². The lowest BCUT2D eigenvalue weighted by Crippen LogP contribution is -2.32. The molecular formula is C20H23BrN12O4. The van der Waals surface area contributed by atoms with Crippen LogP contribution >= 0.6 is 15.9 Å². The highest BCUT2D eigenvalue weighted by molar-refractivity contribution is 9.12. The molecule has 0 aromatic carbocycles. The Morgan fingerprint density at radius 1 is 1.16 bits per heavy atom. The normalized spacial score (nSPS) is 10.5. The summed E-state index contributed by atoms with van der Waals surface area (Å²) in [6.45, 7) is 6.84. The number of anilines is 3. The third-order valence-electron chi connectivity index (χ3n) is 4.80. The molecule has 0 aliphatic carbocycles. The van der Waals surface area contributed by atoms with E-state index >= 15 is 0 Å². The standard InChI is InChI=1S/C20H23BrN12O4/c1-8(21)16(34)30-19-29-15(31-32-19)18(36)27-11-6-12(26-9(11)2)17(35)28-13-7-25-33(10(13)3)20(37)24-5-4-14(22)23/h6-7,26H,1,4-5H2,2-3H3,(H3,22,23)(H,24,37)(H,27,36)(H,28,35)(H2,29,30,31,32,34). The molecule has 17 heteroatoms. The van der Waals surface area contributed by atoms with Gasteiger partial charge in [-0.15, -0.1) is 5.10 Å². The van der Waals surface area contributed by atoms with E-state index in [9.17, 15) is 19.2 Å². The van der Waals surface area contributed by atoms with Crippen LogP contribution < -0.4 is 27.0 Å². The number of hydrogen-bond donors (Lipinski definition) is 8. The monoisotopic (exact) mass is 574 g/mol. The fourth-order valence-electron chi connectivity index (χ4n) is 2.89. The second-order valence-corrected chi connectivity index (χ2v) is 8.52. The highest BCUT2D eigenvalue weighted by Gasteiger charge is 2.20. The Morgan fingerprint density at radius 2 is 1.86 bits per heavy atom. The average molecular weight is 575 g/mol. The first-order chi connectivity index (χ1) is 17.5. The van der Waals surface area contributed by atoms with Gasteiger partial charge in [-0.1, -0.05) is 6.58 Å². The molecule has 0 spiro atoms. The van der Waals surface area contributed by atoms with Gasteiger partial charge in [0.2, 0.25) is 11.8 Å². The van der Waals surface area contributed by atoms with Crippen molar-refractivity contribution in [2.45, 2.75) is 20.3 Å². The first-order valence-electron chi connectivity index (χ1n) is 10.5. The number of amides is 4. The summed E-state index contributed by atoms with van der Waals surface area (Å²) in [4.78, 5) is 55.9. The molecule has 0 radical (unpaired) electrons. The van der Waals surface area contributed by atoms with Crippen LogP contribution in [-0.4, -0.2) is 66.1 Å². The van der Waals surface area contributed by atoms with Gasteiger partial charge in [0.05, 0.1) is 33.6 Å². The second kappa shape index (κ2) is 11.3. The predicted molar refractivity (Wildman–Crippen MR) is 137 cm³/mol. The molecule has 37 heavy (non-hydrogen) atoms. The Bertz CT molecular complexity index is 1400. The first-order valence-corrected chi connectivity index (χ1v) is 11.3. The molecule has 0 fully saturated rings. The van der Waals surface area contributed by atoms with Crippen LogP contribution in [-0.2, 0) is 4.79 Å². The summed E-state index contributed by atoms with van der Waals surface area (Å²) in [6.07, 6.45) is 1.52. The quantitative estimate of drug-likeness (QED) is 0.104. The van der Waals surface area contributed by atoms with Gasteiger partial charge in [0.15, 0.2) is 0 Å². The Kier molecular flexibility index (Phi) is 8.18. The number of carbonyl (C=O) groups excluding carboxylic acids is 4. The zero-order valence-electron chi connectivity index (χ0n) is 19.7. The summed E-state index contributed by atoms with van der Waals surface area (Å²) < 4.78 is 1.14. The number of hydrogen-bond acceptors (Lipinski definition) is 8. The van der Waals surface area contributed by atoms with E-state index in [1.807, 2.05) is 0 Å². The van der Waals surface area contributed by atoms with Crippen molar-refractivity contribution in [2.24, 2.45) is 5.73 Å². The van der Waals surface area contributed by atoms with E-state index in [2.05, 4.69) is 69.0 Å². The van der Waals surface area contributed by atoms with Gasteiger partial charge < -0.3 is 26.7 Å². The average Bonchev–Trinajstić information content (AvgIpc) is 3.53. The van der Waals surface area contributed by atoms with Crippen LogP contribution in [0.4, 0.5) is 22.1 Å². The fourth-order valence-corrected chi connectivity index (χ4v) is 2.99. The molecule has 3 aromatic rings. The molecule has 0 unspecified atom stereocenters. The molecule has 0 saturated heterocycles. The van der Waals surface area contributed by atoms with E-state index in [1.54, 1.807) is 13.8 Å². The highest BCUT2D eigenvalue weighted by atomic mass is 79.9. The van der Waals surface area contributed by atoms with Gasteiger partial charge in [-0.2, -0.15) is 14.8 Å². The van der Waals surface area contributed by atoms with Gasteiger partial charge in [-0.3, -0.25) is 30.2 Å². The number of amidine groups is 1. The molecule has 194 valence electrons. The number of nitrogens with one attached hydrogen (secondary N) is 7. The summed E-state index contributed by atoms with van der Waals surface area (Å²) in [5, 5.41) is 27.5. The zero-order chi connectivity index (χ0) is 27.3. The van der Waals surface area contributed by atoms with E-state index < -0.39 is 23.8 Å². The van der Waals surface area contributed by atoms with Gasteiger partial charge in [0.25, 0.3) is 17.7 Å². The number of halogens is 1. The molecule has 16 nitrogen and oxygen atoms in total. The molecule has 0 atom stereocenters. The lowest BCUT2D eigenvalue weighted by molar-refractivity contribution is -0.112. The molecular weight excluding hydrogens is 552 g/mol. The number of carbonyl (C=O) groups is 4. The van der Waals surface area contributed by atoms with E-state index in [0.29, 0.717) is 22.8 Å². The number of aryl methyl sites for hydroxylation is 1. The summed E-state index contributed by atoms with van der Waals surface area (Å²) in [7, 11) is 0. The molecule has 3 heterocycles. The van der Waals surface area contributed by atoms with Crippen LogP contribution in [0.2, 0.25) is 0 Å². The molecule has 0 aliphatic rings. The van der Waals surface area contributed by atoms with Gasteiger partial charge in [-0.25, -0.2) is 4.79 Å². The van der Waals surface area contributed by atoms with E-state index in [1.165, 1.54) is 12.3 Å². The second-order valence-electron chi connectivity index (χ2n) is 7.56. The van der Waals surface area contributed by atoms with Gasteiger partial charge >= 0.3 is 6.03 Å². The molecule has 3 aromatic heterocycles. The summed E-state index contributed by atoms with van der Waals surface area (Å²) in [5.41, 5.74) is 6.87. The van der Waals surface area contributed by atoms with E-state index in [-0.39, 0.29) is 40.8 Å². The van der Waals surface area contributed by atoms with Crippen molar-refractivity contribution in [3.05, 3.63) is 46.2 Å². The highest BCUT2D eigenvalue weighted by Crippen LogP contribution is 2.20. The van der Waals surface area contributed by atoms with Crippen LogP contribution in [0.25, 0.3) is 0 Å². The zero-order valence-corrected chi connectivity index (χ0v) is 21.2. The fraction of sp³-hybridized carbons (Fsp3) is 0.200. The van der Waals surface area contributed by atoms with Crippen molar-refractivity contribution < 1.29 is 19.2 Å². The third kappa shape index (κ3) is 6.66. The van der Waals surface area contributed by atoms with Crippen LogP contribution in [0.1, 0.15) is 38.9 Å². The van der Waals surface area contributed by atoms with Crippen molar-refractivity contribution >= 4 is 62.8 Å². The molecule has 3 rings (SSSR count). The van der Waals surface area contributed by atoms with Crippen LogP contribution in [0.3, 0.4) is 0 Å². The van der Waals surface area contributed by atoms with Crippen molar-refractivity contribution in [1.29, 1.82) is 5.41 Å². The summed E-state index contributed by atoms with van der Waals surface area (Å²) in [5.74, 6) is -2.12. The van der Waals surface area contributed by atoms with Crippen LogP contribution in [0.15, 0.2) is 23.3 Å². The van der Waals surface area contributed by atoms with Gasteiger partial charge in [0.1, 0.15) is 5.69 Å². The van der Waals surface area contributed by atoms with E-state index in [4.69, 9.17) is 11.1 Å². The molecule has 4 amide bonds. The molecule has 9 N–H and O–H groups in total. The minimum absolute atomic E-state index is 0.0572. The largest absolute Gasteiger partial charge is 0.388 e. The number of aromatic nitrogens is 6. The van der Waals surface area contributed by atoms with Gasteiger partial charge in [0, 0.05) is 18.7 Å². The van der Waals surface area contributed by atoms with Crippen molar-refractivity contribution in [3.63, 3.8) is 0 Å². The number of nitrogens with two attached hydrogens (primary N) is 1. The number of H-pyrrole nitrogens is 2. The summed E-state index contributed by atoms with van der Waals surface area (Å²) in [6, 6.07) is 0.886. The van der Waals surface area contributed by atoms with Crippen LogP contribution in [0, 0.1) is 19.3 Å². The lowest BCUT2D eigenvalue weighted by atomic mass is 10.3. The first kappa shape index (κ1) is 26.8. The number of aromatic amines is 2. The van der Waals surface area contributed by atoms with Crippen molar-refractivity contribution in [1.82, 2.24) is 35.3 Å². The van der Waals surface area contributed by atoms with E-state index in [0.717, 1.165) is 4.68 Å². The smallest absolute Gasteiger partial charge is 0.342 e. The van der Waals surface area contributed by atoms with Crippen LogP contribution in [0.5, 0.6) is 0 Å². The molecule has 0 aliphatic heterocycles. The SMILES string of the molecule is C=C(Br)C(=O)Nc1n[nH]c(C(=O)Nc2cc(C(=O)Nc3cnn(C(=O)NCCC(=N)N)c3C)[nH]c2C)n1. The minimum Gasteiger partial charge on any atom is -0.388 e. The number of nitrogens with zero attached hydrogens (tertiary/aromatic N) is 4. The minimum atomic E-state index is -0.660. The Hall–Kier alpha value is -4.80.